The molecular formula is C22H34IN5OS. The highest BCUT2D eigenvalue weighted by molar-refractivity contribution is 14.0. The summed E-state index contributed by atoms with van der Waals surface area (Å²) in [5.74, 6) is 1.29. The van der Waals surface area contributed by atoms with Crippen LogP contribution in [0.1, 0.15) is 49.0 Å². The molecule has 1 aromatic carbocycles. The minimum Gasteiger partial charge on any atom is -0.379 e. The number of hydrogen-bond acceptors (Lipinski definition) is 5. The first-order valence-electron chi connectivity index (χ1n) is 10.5. The predicted octanol–water partition coefficient (Wildman–Crippen LogP) is 4.01. The minimum absolute atomic E-state index is 0. The number of halogens is 1. The van der Waals surface area contributed by atoms with E-state index >= 15 is 0 Å². The number of nitrogens with one attached hydrogen (secondary N) is 2. The molecule has 8 heteroatoms. The van der Waals surface area contributed by atoms with Crippen LogP contribution in [-0.4, -0.2) is 55.2 Å². The van der Waals surface area contributed by atoms with E-state index in [0.717, 1.165) is 56.1 Å². The van der Waals surface area contributed by atoms with Crippen LogP contribution in [0.5, 0.6) is 0 Å². The summed E-state index contributed by atoms with van der Waals surface area (Å²) >= 11 is 1.69. The van der Waals surface area contributed by atoms with Gasteiger partial charge in [-0.3, -0.25) is 4.90 Å². The molecule has 6 nitrogen and oxygen atoms in total. The zero-order valence-electron chi connectivity index (χ0n) is 18.1. The summed E-state index contributed by atoms with van der Waals surface area (Å²) in [4.78, 5) is 11.9. The van der Waals surface area contributed by atoms with Crippen LogP contribution >= 0.6 is 35.3 Å². The third kappa shape index (κ3) is 7.47. The van der Waals surface area contributed by atoms with Gasteiger partial charge in [-0.15, -0.1) is 35.3 Å². The molecule has 1 aromatic heterocycles. The number of benzene rings is 1. The first-order valence-corrected chi connectivity index (χ1v) is 11.4. The maximum absolute atomic E-state index is 5.55. The molecule has 2 N–H and O–H groups in total. The molecule has 1 unspecified atom stereocenters. The summed E-state index contributed by atoms with van der Waals surface area (Å²) in [5.41, 5.74) is 2.47. The number of morpholine rings is 1. The summed E-state index contributed by atoms with van der Waals surface area (Å²) < 4.78 is 5.55. The molecule has 0 bridgehead atoms. The molecule has 0 amide bonds. The van der Waals surface area contributed by atoms with Crippen molar-refractivity contribution in [3.05, 3.63) is 52.0 Å². The summed E-state index contributed by atoms with van der Waals surface area (Å²) in [6, 6.07) is 11.0. The Morgan fingerprint density at radius 3 is 2.57 bits per heavy atom. The molecule has 2 aromatic rings. The van der Waals surface area contributed by atoms with Crippen LogP contribution in [0.4, 0.5) is 0 Å². The van der Waals surface area contributed by atoms with Crippen LogP contribution in [0.2, 0.25) is 0 Å². The summed E-state index contributed by atoms with van der Waals surface area (Å²) in [7, 11) is 0. The van der Waals surface area contributed by atoms with Gasteiger partial charge in [0.05, 0.1) is 31.5 Å². The maximum atomic E-state index is 5.55. The van der Waals surface area contributed by atoms with Gasteiger partial charge in [-0.05, 0) is 18.4 Å². The highest BCUT2D eigenvalue weighted by Gasteiger charge is 2.22. The fraction of sp³-hybridized carbons (Fsp3) is 0.545. The minimum atomic E-state index is 0. The highest BCUT2D eigenvalue weighted by Crippen LogP contribution is 2.21. The number of aliphatic imine (C=N–C) groups is 1. The van der Waals surface area contributed by atoms with E-state index in [1.165, 1.54) is 5.56 Å². The number of rotatable bonds is 8. The first-order chi connectivity index (χ1) is 14.2. The van der Waals surface area contributed by atoms with Crippen molar-refractivity contribution in [3.63, 3.8) is 0 Å². The van der Waals surface area contributed by atoms with Gasteiger partial charge >= 0.3 is 0 Å². The average molecular weight is 544 g/mol. The normalized spacial score (nSPS) is 16.2. The highest BCUT2D eigenvalue weighted by atomic mass is 127. The topological polar surface area (TPSA) is 61.8 Å². The Labute approximate surface area is 201 Å². The van der Waals surface area contributed by atoms with Gasteiger partial charge in [-0.1, -0.05) is 44.2 Å². The Hall–Kier alpha value is -1.23. The van der Waals surface area contributed by atoms with E-state index in [9.17, 15) is 0 Å². The van der Waals surface area contributed by atoms with Crippen molar-refractivity contribution < 1.29 is 4.74 Å². The Balaban J connectivity index is 0.00000320. The third-order valence-electron chi connectivity index (χ3n) is 5.01. The van der Waals surface area contributed by atoms with Crippen molar-refractivity contribution in [1.29, 1.82) is 0 Å². The van der Waals surface area contributed by atoms with Crippen LogP contribution in [0.3, 0.4) is 0 Å². The van der Waals surface area contributed by atoms with Gasteiger partial charge in [0.25, 0.3) is 0 Å². The van der Waals surface area contributed by atoms with Gasteiger partial charge in [0, 0.05) is 31.6 Å². The monoisotopic (exact) mass is 543 g/mol. The van der Waals surface area contributed by atoms with Crippen molar-refractivity contribution in [2.45, 2.75) is 39.3 Å². The van der Waals surface area contributed by atoms with Crippen LogP contribution in [0.15, 0.2) is 40.7 Å². The largest absolute Gasteiger partial charge is 0.379 e. The molecule has 166 valence electrons. The van der Waals surface area contributed by atoms with E-state index in [2.05, 4.69) is 72.0 Å². The average Bonchev–Trinajstić information content (AvgIpc) is 3.23. The molecule has 2 heterocycles. The lowest BCUT2D eigenvalue weighted by molar-refractivity contribution is 0.0170. The summed E-state index contributed by atoms with van der Waals surface area (Å²) in [5, 5.41) is 10.1. The van der Waals surface area contributed by atoms with Crippen LogP contribution in [0.25, 0.3) is 0 Å². The molecule has 3 rings (SSSR count). The van der Waals surface area contributed by atoms with Crippen LogP contribution in [0, 0.1) is 0 Å². The van der Waals surface area contributed by atoms with E-state index in [1.807, 2.05) is 0 Å². The van der Waals surface area contributed by atoms with Gasteiger partial charge in [0.15, 0.2) is 5.96 Å². The van der Waals surface area contributed by atoms with E-state index in [4.69, 9.17) is 14.7 Å². The van der Waals surface area contributed by atoms with Gasteiger partial charge < -0.3 is 15.4 Å². The molecule has 0 aliphatic carbocycles. The predicted molar refractivity (Wildman–Crippen MR) is 136 cm³/mol. The van der Waals surface area contributed by atoms with Gasteiger partial charge in [0.2, 0.25) is 0 Å². The molecule has 1 aliphatic rings. The lowest BCUT2D eigenvalue weighted by Crippen LogP contribution is -2.46. The number of nitrogens with zero attached hydrogens (tertiary/aromatic N) is 3. The lowest BCUT2D eigenvalue weighted by Gasteiger charge is -2.35. The molecular weight excluding hydrogens is 509 g/mol. The fourth-order valence-corrected chi connectivity index (χ4v) is 4.25. The number of guanidine groups is 1. The Morgan fingerprint density at radius 2 is 1.93 bits per heavy atom. The number of ether oxygens (including phenoxy) is 1. The van der Waals surface area contributed by atoms with Gasteiger partial charge in [-0.25, -0.2) is 9.98 Å². The van der Waals surface area contributed by atoms with Gasteiger partial charge in [-0.2, -0.15) is 0 Å². The zero-order valence-corrected chi connectivity index (χ0v) is 21.3. The fourth-order valence-electron chi connectivity index (χ4n) is 3.37. The van der Waals surface area contributed by atoms with E-state index in [0.29, 0.717) is 12.5 Å². The second-order valence-electron chi connectivity index (χ2n) is 7.47. The Bertz CT molecular complexity index is 762. The van der Waals surface area contributed by atoms with Crippen molar-refractivity contribution in [3.8, 4) is 0 Å². The van der Waals surface area contributed by atoms with Crippen molar-refractivity contribution in [2.24, 2.45) is 4.99 Å². The Kier molecular flexibility index (Phi) is 11.0. The molecule has 1 atom stereocenters. The first kappa shape index (κ1) is 25.0. The third-order valence-corrected chi connectivity index (χ3v) is 5.86. The van der Waals surface area contributed by atoms with Gasteiger partial charge in [0.1, 0.15) is 5.01 Å². The standard InChI is InChI=1S/C22H33N5OS.HI/c1-4-23-22(25-15-21-26-19(16-29-21)17(2)3)24-14-20(18-8-6-5-7-9-18)27-10-12-28-13-11-27;/h5-9,16-17,20H,4,10-15H2,1-3H3,(H2,23,24,25);1H. The van der Waals surface area contributed by atoms with E-state index in [1.54, 1.807) is 11.3 Å². The maximum Gasteiger partial charge on any atom is 0.191 e. The molecule has 0 radical (unpaired) electrons. The molecule has 1 fully saturated rings. The van der Waals surface area contributed by atoms with E-state index < -0.39 is 0 Å². The molecule has 1 saturated heterocycles. The van der Waals surface area contributed by atoms with Crippen molar-refractivity contribution in [2.75, 3.05) is 39.4 Å². The zero-order chi connectivity index (χ0) is 20.5. The molecule has 30 heavy (non-hydrogen) atoms. The number of hydrogen-bond donors (Lipinski definition) is 2. The van der Waals surface area contributed by atoms with Crippen molar-refractivity contribution >= 4 is 41.3 Å². The van der Waals surface area contributed by atoms with Crippen molar-refractivity contribution in [1.82, 2.24) is 20.5 Å². The second-order valence-corrected chi connectivity index (χ2v) is 8.41. The molecule has 0 spiro atoms. The quantitative estimate of drug-likeness (QED) is 0.300. The SMILES string of the molecule is CCNC(=NCc1nc(C(C)C)cs1)NCC(c1ccccc1)N1CCOCC1.I. The Morgan fingerprint density at radius 1 is 1.20 bits per heavy atom. The smallest absolute Gasteiger partial charge is 0.191 e. The van der Waals surface area contributed by atoms with Crippen LogP contribution < -0.4 is 10.6 Å². The van der Waals surface area contributed by atoms with Crippen LogP contribution in [-0.2, 0) is 11.3 Å². The lowest BCUT2D eigenvalue weighted by atomic mass is 10.0. The second kappa shape index (κ2) is 13.2. The molecule has 1 aliphatic heterocycles. The summed E-state index contributed by atoms with van der Waals surface area (Å²) in [6.45, 7) is 12.1. The number of aromatic nitrogens is 1. The molecule has 0 saturated carbocycles. The van der Waals surface area contributed by atoms with E-state index in [-0.39, 0.29) is 30.0 Å². The number of thiazole rings is 1. The summed E-state index contributed by atoms with van der Waals surface area (Å²) in [6.07, 6.45) is 0.